The normalized spacial score (nSPS) is 17.4. The summed E-state index contributed by atoms with van der Waals surface area (Å²) < 4.78 is 39.4. The molecule has 4 heterocycles. The lowest BCUT2D eigenvalue weighted by Crippen LogP contribution is -2.40. The van der Waals surface area contributed by atoms with Crippen LogP contribution in [0.4, 0.5) is 30.5 Å². The first kappa shape index (κ1) is 24.3. The van der Waals surface area contributed by atoms with E-state index in [9.17, 15) is 13.2 Å². The van der Waals surface area contributed by atoms with E-state index in [0.717, 1.165) is 85.9 Å². The van der Waals surface area contributed by atoms with Gasteiger partial charge in [-0.3, -0.25) is 4.98 Å². The number of pyridine rings is 3. The van der Waals surface area contributed by atoms with Crippen LogP contribution in [0.3, 0.4) is 0 Å². The van der Waals surface area contributed by atoms with E-state index in [0.29, 0.717) is 11.4 Å². The van der Waals surface area contributed by atoms with Gasteiger partial charge in [0.05, 0.1) is 28.1 Å². The van der Waals surface area contributed by atoms with E-state index in [4.69, 9.17) is 4.98 Å². The maximum atomic E-state index is 13.1. The lowest BCUT2D eigenvalue weighted by Gasteiger charge is -2.44. The maximum absolute atomic E-state index is 13.1. The van der Waals surface area contributed by atoms with E-state index >= 15 is 0 Å². The molecule has 0 amide bonds. The Labute approximate surface area is 209 Å². The highest BCUT2D eigenvalue weighted by atomic mass is 19.4. The Hall–Kier alpha value is -3.42. The van der Waals surface area contributed by atoms with Crippen molar-refractivity contribution < 1.29 is 13.2 Å². The number of nitrogens with zero attached hydrogens (tertiary/aromatic N) is 4. The molecule has 5 rings (SSSR count). The number of anilines is 3. The van der Waals surface area contributed by atoms with E-state index in [1.54, 1.807) is 13.1 Å². The topological polar surface area (TPSA) is 53.9 Å². The third-order valence-electron chi connectivity index (χ3n) is 7.24. The van der Waals surface area contributed by atoms with Gasteiger partial charge in [0.25, 0.3) is 0 Å². The molecule has 5 nitrogen and oxygen atoms in total. The molecule has 188 valence electrons. The number of nitrogens with one attached hydrogen (secondary N) is 1. The zero-order valence-electron chi connectivity index (χ0n) is 20.6. The molecule has 1 saturated carbocycles. The van der Waals surface area contributed by atoms with Gasteiger partial charge in [-0.05, 0) is 74.9 Å². The van der Waals surface area contributed by atoms with Crippen LogP contribution in [0.1, 0.15) is 61.5 Å². The Morgan fingerprint density at radius 1 is 1.14 bits per heavy atom. The van der Waals surface area contributed by atoms with Crippen molar-refractivity contribution in [1.29, 1.82) is 0 Å². The van der Waals surface area contributed by atoms with Crippen molar-refractivity contribution in [3.63, 3.8) is 0 Å². The molecule has 3 aromatic rings. The first-order valence-corrected chi connectivity index (χ1v) is 12.5. The van der Waals surface area contributed by atoms with Crippen LogP contribution < -0.4 is 10.2 Å². The van der Waals surface area contributed by atoms with Gasteiger partial charge < -0.3 is 10.2 Å². The molecule has 0 radical (unpaired) electrons. The molecule has 1 aliphatic carbocycles. The number of hydrogen-bond acceptors (Lipinski definition) is 5. The summed E-state index contributed by atoms with van der Waals surface area (Å²) >= 11 is 0. The minimum absolute atomic E-state index is 0.296. The summed E-state index contributed by atoms with van der Waals surface area (Å²) in [6.07, 6.45) is 6.05. The van der Waals surface area contributed by atoms with Crippen LogP contribution in [-0.2, 0) is 18.0 Å². The molecule has 1 N–H and O–H groups in total. The molecule has 0 saturated heterocycles. The van der Waals surface area contributed by atoms with E-state index < -0.39 is 11.7 Å². The largest absolute Gasteiger partial charge is 0.417 e. The monoisotopic (exact) mass is 493 g/mol. The van der Waals surface area contributed by atoms with Crippen LogP contribution in [0.15, 0.2) is 60.6 Å². The summed E-state index contributed by atoms with van der Waals surface area (Å²) in [6.45, 7) is 4.62. The highest BCUT2D eigenvalue weighted by Crippen LogP contribution is 2.50. The Morgan fingerprint density at radius 2 is 1.97 bits per heavy atom. The Bertz CT molecular complexity index is 1270. The zero-order chi connectivity index (χ0) is 25.3. The molecular formula is C28H30F3N5. The number of alkyl halides is 3. The highest BCUT2D eigenvalue weighted by molar-refractivity contribution is 5.64. The van der Waals surface area contributed by atoms with Crippen LogP contribution in [0.2, 0.25) is 0 Å². The van der Waals surface area contributed by atoms with E-state index in [1.807, 2.05) is 18.2 Å². The summed E-state index contributed by atoms with van der Waals surface area (Å²) in [4.78, 5) is 16.1. The summed E-state index contributed by atoms with van der Waals surface area (Å²) in [5.74, 6) is 1.37. The predicted molar refractivity (Wildman–Crippen MR) is 135 cm³/mol. The fourth-order valence-electron chi connectivity index (χ4n) is 5.22. The van der Waals surface area contributed by atoms with Gasteiger partial charge in [0.1, 0.15) is 11.6 Å². The third kappa shape index (κ3) is 4.45. The number of allylic oxidation sites excluding steroid dienone is 2. The smallest absolute Gasteiger partial charge is 0.343 e. The van der Waals surface area contributed by atoms with Crippen molar-refractivity contribution in [2.75, 3.05) is 16.8 Å². The maximum Gasteiger partial charge on any atom is 0.417 e. The van der Waals surface area contributed by atoms with E-state index in [2.05, 4.69) is 45.3 Å². The molecule has 2 aliphatic rings. The number of halogens is 3. The molecular weight excluding hydrogens is 463 g/mol. The number of fused-ring (bicyclic) bond motifs is 1. The van der Waals surface area contributed by atoms with Gasteiger partial charge in [0, 0.05) is 24.6 Å². The van der Waals surface area contributed by atoms with Crippen LogP contribution >= 0.6 is 0 Å². The average molecular weight is 494 g/mol. The summed E-state index contributed by atoms with van der Waals surface area (Å²) in [5, 5.41) is 3.41. The van der Waals surface area contributed by atoms with Gasteiger partial charge in [-0.15, -0.1) is 0 Å². The second-order valence-electron chi connectivity index (χ2n) is 9.58. The van der Waals surface area contributed by atoms with Crippen molar-refractivity contribution in [2.24, 2.45) is 0 Å². The summed E-state index contributed by atoms with van der Waals surface area (Å²) in [5.41, 5.74) is 3.56. The average Bonchev–Trinajstić information content (AvgIpc) is 2.84. The van der Waals surface area contributed by atoms with E-state index in [1.165, 1.54) is 0 Å². The standard InChI is InChI=1S/C28H30F3N5/c1-3-8-23(35-26-19(2)17-20(18-33-26)28(29,30)31)27(13-7-14-27)24-12-11-22-21(34-24)9-6-16-36(22)25-10-4-5-15-32-25/h4-5,8,10-12,15,17-18H,3,6-7,9,13-14,16H2,1-2H3,(H,33,35). The van der Waals surface area contributed by atoms with Crippen LogP contribution in [0.5, 0.6) is 0 Å². The molecule has 8 heteroatoms. The number of hydrogen-bond donors (Lipinski definition) is 1. The Kier molecular flexibility index (Phi) is 6.45. The summed E-state index contributed by atoms with van der Waals surface area (Å²) in [7, 11) is 0. The Morgan fingerprint density at radius 3 is 2.61 bits per heavy atom. The number of aromatic nitrogens is 3. The van der Waals surface area contributed by atoms with Gasteiger partial charge >= 0.3 is 6.18 Å². The SMILES string of the molecule is CCC=C(Nc1ncc(C(F)(F)F)cc1C)C1(c2ccc3c(n2)CCCN3c2ccccn2)CCC1. The fraction of sp³-hybridized carbons (Fsp3) is 0.393. The molecule has 36 heavy (non-hydrogen) atoms. The highest BCUT2D eigenvalue weighted by Gasteiger charge is 2.44. The van der Waals surface area contributed by atoms with E-state index in [-0.39, 0.29) is 5.41 Å². The lowest BCUT2D eigenvalue weighted by molar-refractivity contribution is -0.137. The molecule has 3 aromatic heterocycles. The first-order chi connectivity index (χ1) is 17.3. The summed E-state index contributed by atoms with van der Waals surface area (Å²) in [6, 6.07) is 11.3. The number of aryl methyl sites for hydroxylation is 2. The molecule has 0 unspecified atom stereocenters. The van der Waals surface area contributed by atoms with Gasteiger partial charge in [0.15, 0.2) is 0 Å². The minimum Gasteiger partial charge on any atom is -0.343 e. The van der Waals surface area contributed by atoms with Crippen LogP contribution in [0.25, 0.3) is 0 Å². The second kappa shape index (κ2) is 9.56. The second-order valence-corrected chi connectivity index (χ2v) is 9.58. The van der Waals surface area contributed by atoms with Gasteiger partial charge in [0.2, 0.25) is 0 Å². The van der Waals surface area contributed by atoms with Crippen molar-refractivity contribution in [2.45, 2.75) is 64.0 Å². The van der Waals surface area contributed by atoms with Crippen LogP contribution in [-0.4, -0.2) is 21.5 Å². The predicted octanol–water partition coefficient (Wildman–Crippen LogP) is 7.11. The molecule has 1 aliphatic heterocycles. The van der Waals surface area contributed by atoms with Crippen molar-refractivity contribution in [1.82, 2.24) is 15.0 Å². The third-order valence-corrected chi connectivity index (χ3v) is 7.24. The minimum atomic E-state index is -4.41. The molecule has 0 spiro atoms. The molecule has 1 fully saturated rings. The van der Waals surface area contributed by atoms with Gasteiger partial charge in [-0.1, -0.05) is 25.5 Å². The first-order valence-electron chi connectivity index (χ1n) is 12.5. The van der Waals surface area contributed by atoms with Crippen molar-refractivity contribution >= 4 is 17.3 Å². The lowest BCUT2D eigenvalue weighted by atomic mass is 9.63. The number of rotatable bonds is 6. The molecule has 0 atom stereocenters. The van der Waals surface area contributed by atoms with Gasteiger partial charge in [-0.25, -0.2) is 9.97 Å². The fourth-order valence-corrected chi connectivity index (χ4v) is 5.22. The van der Waals surface area contributed by atoms with Gasteiger partial charge in [-0.2, -0.15) is 13.2 Å². The quantitative estimate of drug-likeness (QED) is 0.397. The van der Waals surface area contributed by atoms with Crippen LogP contribution in [0, 0.1) is 6.92 Å². The zero-order valence-corrected chi connectivity index (χ0v) is 20.6. The molecule has 0 aromatic carbocycles. The van der Waals surface area contributed by atoms with Crippen molar-refractivity contribution in [3.05, 3.63) is 83.1 Å². The molecule has 0 bridgehead atoms. The van der Waals surface area contributed by atoms with Crippen molar-refractivity contribution in [3.8, 4) is 0 Å². The Balaban J connectivity index is 1.48.